The molecule has 36 heavy (non-hydrogen) atoms. The number of rotatable bonds is 10. The van der Waals surface area contributed by atoms with E-state index in [-0.39, 0.29) is 36.7 Å². The minimum Gasteiger partial charge on any atom is -0.497 e. The summed E-state index contributed by atoms with van der Waals surface area (Å²) < 4.78 is 10.7. The molecular formula is C28H29N3O5. The quantitative estimate of drug-likeness (QED) is 0.457. The summed E-state index contributed by atoms with van der Waals surface area (Å²) in [4.78, 5) is 38.9. The maximum Gasteiger partial charge on any atom is 0.262 e. The first-order valence-corrected chi connectivity index (χ1v) is 11.8. The summed E-state index contributed by atoms with van der Waals surface area (Å²) in [5, 5.41) is 5.70. The molecule has 2 N–H and O–H groups in total. The van der Waals surface area contributed by atoms with Crippen LogP contribution in [0.3, 0.4) is 0 Å². The third-order valence-electron chi connectivity index (χ3n) is 5.94. The number of methoxy groups -OCH3 is 1. The molecule has 1 atom stereocenters. The molecule has 0 spiro atoms. The van der Waals surface area contributed by atoms with Crippen LogP contribution in [0.2, 0.25) is 0 Å². The molecule has 0 aliphatic carbocycles. The van der Waals surface area contributed by atoms with E-state index in [4.69, 9.17) is 9.47 Å². The summed E-state index contributed by atoms with van der Waals surface area (Å²) >= 11 is 0. The smallest absolute Gasteiger partial charge is 0.262 e. The van der Waals surface area contributed by atoms with E-state index in [2.05, 4.69) is 10.6 Å². The van der Waals surface area contributed by atoms with Crippen LogP contribution >= 0.6 is 0 Å². The van der Waals surface area contributed by atoms with E-state index in [1.54, 1.807) is 60.5 Å². The lowest BCUT2D eigenvalue weighted by atomic mass is 10.1. The van der Waals surface area contributed by atoms with Gasteiger partial charge in [-0.2, -0.15) is 0 Å². The first-order valence-electron chi connectivity index (χ1n) is 11.8. The number of carbonyl (C=O) groups is 3. The minimum absolute atomic E-state index is 0.0919. The predicted octanol–water partition coefficient (Wildman–Crippen LogP) is 3.42. The second-order valence-corrected chi connectivity index (χ2v) is 8.49. The summed E-state index contributed by atoms with van der Waals surface area (Å²) in [6.45, 7) is 0.714. The van der Waals surface area contributed by atoms with Crippen LogP contribution in [0, 0.1) is 5.92 Å². The molecular weight excluding hydrogens is 458 g/mol. The molecule has 4 rings (SSSR count). The number of carbonyl (C=O) groups excluding carboxylic acids is 3. The van der Waals surface area contributed by atoms with Crippen LogP contribution < -0.4 is 25.0 Å². The molecule has 3 amide bonds. The zero-order valence-corrected chi connectivity index (χ0v) is 20.1. The minimum atomic E-state index is -0.383. The van der Waals surface area contributed by atoms with Crippen LogP contribution in [0.4, 0.5) is 11.4 Å². The van der Waals surface area contributed by atoms with Gasteiger partial charge in [-0.25, -0.2) is 0 Å². The van der Waals surface area contributed by atoms with Gasteiger partial charge in [0.15, 0.2) is 6.61 Å². The van der Waals surface area contributed by atoms with Crippen molar-refractivity contribution in [2.45, 2.75) is 12.8 Å². The normalized spacial score (nSPS) is 14.9. The van der Waals surface area contributed by atoms with Crippen molar-refractivity contribution < 1.29 is 23.9 Å². The monoisotopic (exact) mass is 487 g/mol. The molecule has 8 nitrogen and oxygen atoms in total. The number of nitrogens with zero attached hydrogens (tertiary/aromatic N) is 1. The van der Waals surface area contributed by atoms with Gasteiger partial charge in [0.1, 0.15) is 11.5 Å². The molecule has 0 radical (unpaired) electrons. The average molecular weight is 488 g/mol. The lowest BCUT2D eigenvalue weighted by molar-refractivity contribution is -0.126. The molecule has 0 aromatic heterocycles. The lowest BCUT2D eigenvalue weighted by Crippen LogP contribution is -2.34. The molecule has 3 aromatic carbocycles. The molecule has 0 bridgehead atoms. The third-order valence-corrected chi connectivity index (χ3v) is 5.94. The highest BCUT2D eigenvalue weighted by atomic mass is 16.5. The molecule has 8 heteroatoms. The van der Waals surface area contributed by atoms with Crippen molar-refractivity contribution in [1.29, 1.82) is 0 Å². The number of amides is 3. The summed E-state index contributed by atoms with van der Waals surface area (Å²) in [5.41, 5.74) is 2.49. The highest BCUT2D eigenvalue weighted by Crippen LogP contribution is 2.27. The van der Waals surface area contributed by atoms with E-state index in [1.807, 2.05) is 30.3 Å². The van der Waals surface area contributed by atoms with Gasteiger partial charge >= 0.3 is 0 Å². The van der Waals surface area contributed by atoms with Crippen LogP contribution in [0.25, 0.3) is 0 Å². The molecule has 3 aromatic rings. The summed E-state index contributed by atoms with van der Waals surface area (Å²) in [7, 11) is 1.58. The second-order valence-electron chi connectivity index (χ2n) is 8.49. The largest absolute Gasteiger partial charge is 0.497 e. The first-order chi connectivity index (χ1) is 17.5. The fourth-order valence-corrected chi connectivity index (χ4v) is 3.99. The Kier molecular flexibility index (Phi) is 8.18. The molecule has 1 fully saturated rings. The highest BCUT2D eigenvalue weighted by molar-refractivity contribution is 6.00. The Morgan fingerprint density at radius 1 is 0.944 bits per heavy atom. The van der Waals surface area contributed by atoms with Gasteiger partial charge in [-0.15, -0.1) is 0 Å². The van der Waals surface area contributed by atoms with Gasteiger partial charge in [0.2, 0.25) is 11.8 Å². The lowest BCUT2D eigenvalue weighted by Gasteiger charge is -2.17. The first kappa shape index (κ1) is 24.8. The third kappa shape index (κ3) is 6.63. The van der Waals surface area contributed by atoms with E-state index in [0.717, 1.165) is 12.0 Å². The highest BCUT2D eigenvalue weighted by Gasteiger charge is 2.34. The summed E-state index contributed by atoms with van der Waals surface area (Å²) in [6.07, 6.45) is 0.928. The number of ether oxygens (including phenoxy) is 2. The number of hydrogen-bond donors (Lipinski definition) is 2. The van der Waals surface area contributed by atoms with Crippen LogP contribution in [0.15, 0.2) is 78.9 Å². The van der Waals surface area contributed by atoms with Crippen LogP contribution in [-0.2, 0) is 20.8 Å². The Morgan fingerprint density at radius 2 is 1.64 bits per heavy atom. The Labute approximate surface area is 210 Å². The Balaban J connectivity index is 1.23. The van der Waals surface area contributed by atoms with Crippen molar-refractivity contribution in [1.82, 2.24) is 5.32 Å². The zero-order valence-electron chi connectivity index (χ0n) is 20.1. The number of nitrogens with one attached hydrogen (secondary N) is 2. The van der Waals surface area contributed by atoms with E-state index < -0.39 is 0 Å². The Hall–Kier alpha value is -4.33. The molecule has 1 unspecified atom stereocenters. The van der Waals surface area contributed by atoms with Gasteiger partial charge in [0.05, 0.1) is 13.0 Å². The van der Waals surface area contributed by atoms with Crippen molar-refractivity contribution >= 4 is 29.1 Å². The fourth-order valence-electron chi connectivity index (χ4n) is 3.99. The van der Waals surface area contributed by atoms with Crippen molar-refractivity contribution in [3.8, 4) is 11.5 Å². The van der Waals surface area contributed by atoms with E-state index in [1.165, 1.54) is 0 Å². The van der Waals surface area contributed by atoms with Crippen LogP contribution in [0.5, 0.6) is 11.5 Å². The topological polar surface area (TPSA) is 97.0 Å². The van der Waals surface area contributed by atoms with Crippen LogP contribution in [-0.4, -0.2) is 44.5 Å². The molecule has 1 aliphatic rings. The van der Waals surface area contributed by atoms with Gasteiger partial charge in [0, 0.05) is 30.9 Å². The van der Waals surface area contributed by atoms with Crippen molar-refractivity contribution in [2.24, 2.45) is 5.92 Å². The van der Waals surface area contributed by atoms with Gasteiger partial charge in [-0.3, -0.25) is 14.4 Å². The molecule has 0 saturated carbocycles. The standard InChI is InChI=1S/C28H29N3O5/c1-35-24-11-7-22(8-12-24)30-26(32)19-36-25-13-9-23(10-14-25)31-18-21(17-27(31)33)28(34)29-16-15-20-5-3-2-4-6-20/h2-14,21H,15-19H2,1H3,(H,29,34)(H,30,32). The van der Waals surface area contributed by atoms with Gasteiger partial charge in [0.25, 0.3) is 5.91 Å². The van der Waals surface area contributed by atoms with Crippen molar-refractivity contribution in [3.63, 3.8) is 0 Å². The van der Waals surface area contributed by atoms with Gasteiger partial charge in [-0.05, 0) is 60.5 Å². The summed E-state index contributed by atoms with van der Waals surface area (Å²) in [6, 6.07) is 23.9. The summed E-state index contributed by atoms with van der Waals surface area (Å²) in [5.74, 6) is 0.336. The maximum atomic E-state index is 12.6. The number of benzene rings is 3. The zero-order chi connectivity index (χ0) is 25.3. The molecule has 1 heterocycles. The van der Waals surface area contributed by atoms with Gasteiger partial charge < -0.3 is 25.0 Å². The SMILES string of the molecule is COc1ccc(NC(=O)COc2ccc(N3CC(C(=O)NCCc4ccccc4)CC3=O)cc2)cc1. The molecule has 1 aliphatic heterocycles. The second kappa shape index (κ2) is 11.9. The Morgan fingerprint density at radius 3 is 2.33 bits per heavy atom. The maximum absolute atomic E-state index is 12.6. The van der Waals surface area contributed by atoms with Crippen LogP contribution in [0.1, 0.15) is 12.0 Å². The average Bonchev–Trinajstić information content (AvgIpc) is 3.30. The van der Waals surface area contributed by atoms with Crippen molar-refractivity contribution in [3.05, 3.63) is 84.4 Å². The van der Waals surface area contributed by atoms with Crippen molar-refractivity contribution in [2.75, 3.05) is 37.0 Å². The molecule has 1 saturated heterocycles. The number of anilines is 2. The molecule has 186 valence electrons. The van der Waals surface area contributed by atoms with E-state index in [9.17, 15) is 14.4 Å². The fraction of sp³-hybridized carbons (Fsp3) is 0.250. The Bertz CT molecular complexity index is 1180. The number of hydrogen-bond acceptors (Lipinski definition) is 5. The van der Waals surface area contributed by atoms with E-state index >= 15 is 0 Å². The van der Waals surface area contributed by atoms with Gasteiger partial charge in [-0.1, -0.05) is 30.3 Å². The van der Waals surface area contributed by atoms with E-state index in [0.29, 0.717) is 36.0 Å². The predicted molar refractivity (Wildman–Crippen MR) is 137 cm³/mol.